The summed E-state index contributed by atoms with van der Waals surface area (Å²) in [7, 11) is 0. The van der Waals surface area contributed by atoms with E-state index in [1.807, 2.05) is 16.8 Å². The highest BCUT2D eigenvalue weighted by molar-refractivity contribution is 5.51. The molecule has 1 aliphatic rings. The van der Waals surface area contributed by atoms with Gasteiger partial charge in [-0.1, -0.05) is 0 Å². The van der Waals surface area contributed by atoms with E-state index >= 15 is 0 Å². The monoisotopic (exact) mass is 188 g/mol. The van der Waals surface area contributed by atoms with E-state index in [-0.39, 0.29) is 0 Å². The largest absolute Gasteiger partial charge is 0.370 e. The quantitative estimate of drug-likeness (QED) is 0.677. The summed E-state index contributed by atoms with van der Waals surface area (Å²) in [4.78, 5) is 6.51. The fraction of sp³-hybridized carbons (Fsp3) is 0.400. The molecular formula is C10H12N4. The molecule has 0 radical (unpaired) electrons. The van der Waals surface area contributed by atoms with Gasteiger partial charge < -0.3 is 4.90 Å². The normalized spacial score (nSPS) is 16.7. The summed E-state index contributed by atoms with van der Waals surface area (Å²) in [6.07, 6.45) is 6.24. The van der Waals surface area contributed by atoms with Gasteiger partial charge in [0.25, 0.3) is 0 Å². The van der Waals surface area contributed by atoms with Gasteiger partial charge in [0, 0.05) is 13.1 Å². The summed E-state index contributed by atoms with van der Waals surface area (Å²) in [6.45, 7) is 2.33. The smallest absolute Gasteiger partial charge is 0.155 e. The molecule has 1 aliphatic heterocycles. The van der Waals surface area contributed by atoms with Gasteiger partial charge in [-0.25, -0.2) is 9.50 Å². The second-order valence-electron chi connectivity index (χ2n) is 3.64. The zero-order valence-electron chi connectivity index (χ0n) is 7.93. The van der Waals surface area contributed by atoms with Gasteiger partial charge in [0.05, 0.1) is 11.9 Å². The van der Waals surface area contributed by atoms with Gasteiger partial charge in [0.2, 0.25) is 0 Å². The minimum absolute atomic E-state index is 0.910. The summed E-state index contributed by atoms with van der Waals surface area (Å²) in [5.41, 5.74) is 2.16. The van der Waals surface area contributed by atoms with E-state index in [9.17, 15) is 0 Å². The zero-order valence-corrected chi connectivity index (χ0v) is 7.93. The van der Waals surface area contributed by atoms with Crippen LogP contribution in [0, 0.1) is 0 Å². The van der Waals surface area contributed by atoms with Crippen LogP contribution in [0.1, 0.15) is 12.8 Å². The molecule has 72 valence electrons. The predicted molar refractivity (Wildman–Crippen MR) is 54.4 cm³/mol. The molecule has 0 N–H and O–H groups in total. The fourth-order valence-corrected chi connectivity index (χ4v) is 1.97. The molecule has 4 nitrogen and oxygen atoms in total. The summed E-state index contributed by atoms with van der Waals surface area (Å²) in [5, 5.41) is 4.13. The minimum atomic E-state index is 0.910. The van der Waals surface area contributed by atoms with Gasteiger partial charge in [-0.3, -0.25) is 0 Å². The SMILES string of the molecule is c1nc2ccc(N3CCCC3)cn2n1. The van der Waals surface area contributed by atoms with Crippen molar-refractivity contribution in [2.45, 2.75) is 12.8 Å². The Hall–Kier alpha value is -1.58. The van der Waals surface area contributed by atoms with Crippen molar-refractivity contribution >= 4 is 11.3 Å². The Balaban J connectivity index is 2.04. The molecule has 0 amide bonds. The second kappa shape index (κ2) is 2.97. The van der Waals surface area contributed by atoms with Crippen molar-refractivity contribution < 1.29 is 0 Å². The molecule has 4 heteroatoms. The number of pyridine rings is 1. The standard InChI is InChI=1S/C10H12N4/c1-2-6-13(5-1)9-3-4-10-11-8-12-14(10)7-9/h3-4,7-8H,1-2,5-6H2. The first-order chi connectivity index (χ1) is 6.93. The Morgan fingerprint density at radius 1 is 1.14 bits per heavy atom. The Labute approximate surface area is 82.2 Å². The lowest BCUT2D eigenvalue weighted by Gasteiger charge is -2.16. The first-order valence-electron chi connectivity index (χ1n) is 4.98. The second-order valence-corrected chi connectivity index (χ2v) is 3.64. The van der Waals surface area contributed by atoms with Crippen LogP contribution in [0.15, 0.2) is 24.7 Å². The van der Waals surface area contributed by atoms with Crippen LogP contribution in [-0.2, 0) is 0 Å². The summed E-state index contributed by atoms with van der Waals surface area (Å²) in [5.74, 6) is 0. The number of nitrogens with zero attached hydrogens (tertiary/aromatic N) is 4. The van der Waals surface area contributed by atoms with Crippen molar-refractivity contribution in [2.24, 2.45) is 0 Å². The third-order valence-corrected chi connectivity index (χ3v) is 2.73. The third kappa shape index (κ3) is 1.14. The minimum Gasteiger partial charge on any atom is -0.370 e. The number of fused-ring (bicyclic) bond motifs is 1. The van der Waals surface area contributed by atoms with Crippen LogP contribution in [0.5, 0.6) is 0 Å². The fourth-order valence-electron chi connectivity index (χ4n) is 1.97. The highest BCUT2D eigenvalue weighted by Crippen LogP contribution is 2.19. The lowest BCUT2D eigenvalue weighted by Crippen LogP contribution is -2.17. The van der Waals surface area contributed by atoms with Crippen LogP contribution < -0.4 is 4.90 Å². The van der Waals surface area contributed by atoms with E-state index in [2.05, 4.69) is 21.0 Å². The first-order valence-corrected chi connectivity index (χ1v) is 4.98. The van der Waals surface area contributed by atoms with Gasteiger partial charge in [-0.05, 0) is 25.0 Å². The average molecular weight is 188 g/mol. The van der Waals surface area contributed by atoms with E-state index < -0.39 is 0 Å². The first kappa shape index (κ1) is 7.79. The van der Waals surface area contributed by atoms with Crippen molar-refractivity contribution in [2.75, 3.05) is 18.0 Å². The van der Waals surface area contributed by atoms with Gasteiger partial charge in [-0.15, -0.1) is 0 Å². The van der Waals surface area contributed by atoms with E-state index in [0.29, 0.717) is 0 Å². The van der Waals surface area contributed by atoms with Crippen molar-refractivity contribution in [3.63, 3.8) is 0 Å². The van der Waals surface area contributed by atoms with Crippen LogP contribution >= 0.6 is 0 Å². The highest BCUT2D eigenvalue weighted by Gasteiger charge is 2.12. The Morgan fingerprint density at radius 2 is 2.00 bits per heavy atom. The number of hydrogen-bond donors (Lipinski definition) is 0. The van der Waals surface area contributed by atoms with E-state index in [0.717, 1.165) is 5.65 Å². The molecule has 0 unspecified atom stereocenters. The maximum atomic E-state index is 4.13. The van der Waals surface area contributed by atoms with Crippen molar-refractivity contribution in [1.82, 2.24) is 14.6 Å². The van der Waals surface area contributed by atoms with Crippen molar-refractivity contribution in [3.8, 4) is 0 Å². The van der Waals surface area contributed by atoms with E-state index in [1.165, 1.54) is 31.6 Å². The molecule has 3 rings (SSSR count). The summed E-state index contributed by atoms with van der Waals surface area (Å²) < 4.78 is 1.83. The van der Waals surface area contributed by atoms with E-state index in [4.69, 9.17) is 0 Å². The Bertz CT molecular complexity index is 442. The number of anilines is 1. The number of aromatic nitrogens is 3. The maximum absolute atomic E-state index is 4.13. The van der Waals surface area contributed by atoms with E-state index in [1.54, 1.807) is 6.33 Å². The molecule has 0 saturated carbocycles. The molecule has 2 aromatic rings. The van der Waals surface area contributed by atoms with Gasteiger partial charge in [0.1, 0.15) is 6.33 Å². The van der Waals surface area contributed by atoms with Crippen LogP contribution in [0.2, 0.25) is 0 Å². The highest BCUT2D eigenvalue weighted by atomic mass is 15.3. The lowest BCUT2D eigenvalue weighted by atomic mass is 10.4. The van der Waals surface area contributed by atoms with Crippen LogP contribution in [0.3, 0.4) is 0 Å². The molecule has 0 aliphatic carbocycles. The lowest BCUT2D eigenvalue weighted by molar-refractivity contribution is 0.917. The van der Waals surface area contributed by atoms with Gasteiger partial charge in [-0.2, -0.15) is 5.10 Å². The molecule has 1 saturated heterocycles. The van der Waals surface area contributed by atoms with Crippen molar-refractivity contribution in [1.29, 1.82) is 0 Å². The molecule has 0 spiro atoms. The Kier molecular flexibility index (Phi) is 1.65. The number of rotatable bonds is 1. The van der Waals surface area contributed by atoms with Crippen molar-refractivity contribution in [3.05, 3.63) is 24.7 Å². The molecule has 0 bridgehead atoms. The predicted octanol–water partition coefficient (Wildman–Crippen LogP) is 1.33. The van der Waals surface area contributed by atoms with Crippen LogP contribution in [-0.4, -0.2) is 27.7 Å². The molecular weight excluding hydrogens is 176 g/mol. The topological polar surface area (TPSA) is 33.4 Å². The summed E-state index contributed by atoms with van der Waals surface area (Å²) >= 11 is 0. The maximum Gasteiger partial charge on any atom is 0.155 e. The summed E-state index contributed by atoms with van der Waals surface area (Å²) in [6, 6.07) is 4.13. The molecule has 1 fully saturated rings. The average Bonchev–Trinajstić information content (AvgIpc) is 2.88. The zero-order chi connectivity index (χ0) is 9.38. The van der Waals surface area contributed by atoms with Gasteiger partial charge in [0.15, 0.2) is 5.65 Å². The molecule has 14 heavy (non-hydrogen) atoms. The molecule has 2 aromatic heterocycles. The molecule has 0 aromatic carbocycles. The molecule has 3 heterocycles. The van der Waals surface area contributed by atoms with Gasteiger partial charge >= 0.3 is 0 Å². The molecule has 0 atom stereocenters. The number of hydrogen-bond acceptors (Lipinski definition) is 3. The van der Waals surface area contributed by atoms with Crippen LogP contribution in [0.4, 0.5) is 5.69 Å². The Morgan fingerprint density at radius 3 is 2.86 bits per heavy atom. The third-order valence-electron chi connectivity index (χ3n) is 2.73. The van der Waals surface area contributed by atoms with Crippen LogP contribution in [0.25, 0.3) is 5.65 Å².